The van der Waals surface area contributed by atoms with E-state index in [0.29, 0.717) is 43.7 Å². The van der Waals surface area contributed by atoms with Crippen LogP contribution in [0.1, 0.15) is 257 Å². The molecular weight excluding hydrogens is 1570 g/mol. The SMILES string of the molecule is C.C1CCCNCC1.C1CCNC1.C1CCNCC1.C1CCNCC1.C=CCN.CC(C)(C)CN.CC(C)N.CC1CCCCC1.CC1CCCCN1.CN1CCCNCC1.CN1CCNCC1.CNCc1ccccc1.NCC1CC1.NCCc1ccccc1.NCc1ccccc1.Nc1ccccc1.O=COC[C@H]1CCCN1.c1ccc(C2CCNCC2)cc1. The fraction of sp³-hybridized carbons (Fsp3) is 0.689. The van der Waals surface area contributed by atoms with Gasteiger partial charge in [0.15, 0.2) is 0 Å². The number of ether oxygens (including phenoxy) is 1. The van der Waals surface area contributed by atoms with E-state index in [9.17, 15) is 4.79 Å². The molecule has 9 heterocycles. The van der Waals surface area contributed by atoms with E-state index in [0.717, 1.165) is 94.7 Å². The van der Waals surface area contributed by atoms with Gasteiger partial charge in [-0.1, -0.05) is 259 Å². The first-order chi connectivity index (χ1) is 61.3. The highest BCUT2D eigenvalue weighted by molar-refractivity contribution is 5.37. The maximum absolute atomic E-state index is 9.71. The van der Waals surface area contributed by atoms with Crippen molar-refractivity contribution in [2.24, 2.45) is 51.7 Å². The molecule has 24 N–H and O–H groups in total. The molecule has 11 aliphatic rings. The second-order valence-corrected chi connectivity index (χ2v) is 35.8. The molecule has 2 atom stereocenters. The summed E-state index contributed by atoms with van der Waals surface area (Å²) in [6.45, 7) is 48.1. The lowest BCUT2D eigenvalue weighted by Crippen LogP contribution is -2.40. The molecule has 0 amide bonds. The molecule has 9 aliphatic heterocycles. The summed E-state index contributed by atoms with van der Waals surface area (Å²) < 4.78 is 4.57. The number of piperidine rings is 4. The van der Waals surface area contributed by atoms with Crippen molar-refractivity contribution in [1.29, 1.82) is 0 Å². The summed E-state index contributed by atoms with van der Waals surface area (Å²) in [4.78, 5) is 14.4. The largest absolute Gasteiger partial charge is 0.466 e. The molecule has 0 radical (unpaired) electrons. The van der Waals surface area contributed by atoms with Crippen LogP contribution in [-0.2, 0) is 29.0 Å². The number of carbonyl (C=O) groups excluding carboxylic acids is 1. The average Bonchev–Trinajstić information content (AvgIpc) is 1.57. The van der Waals surface area contributed by atoms with Gasteiger partial charge in [0.25, 0.3) is 6.47 Å². The zero-order valence-electron chi connectivity index (χ0n) is 82.4. The van der Waals surface area contributed by atoms with Crippen LogP contribution in [0.15, 0.2) is 164 Å². The zero-order valence-corrected chi connectivity index (χ0v) is 82.4. The molecule has 2 aliphatic carbocycles. The van der Waals surface area contributed by atoms with Crippen LogP contribution in [0, 0.1) is 17.3 Å². The third-order valence-electron chi connectivity index (χ3n) is 21.5. The Morgan fingerprint density at radius 2 is 0.819 bits per heavy atom. The molecule has 0 bridgehead atoms. The standard InChI is InChI=1S/C11H15N.2C8H11N.C7H9N.C7H14.C6H14N2.C6H11NO2.2C6H13N.C6H7N.C5H12N2.2C5H11N.C5H13N.2C4H9N.C3H9N.C3H7N.CH4/c1-2-4-10(5-3-1)11-6-8-12-9-7-11;1-9-7-8-5-3-2-4-6-8;9-7-6-8-4-2-1-3-5-8;8-6-7-4-2-1-3-5-7;1-7-5-3-2-4-6-7;1-8-5-2-3-7-4-6-8;8-5-9-4-6-2-1-3-7-6;1-6-4-2-3-5-7-6;1-2-4-6-7-5-3-1;7-6-4-2-1-3-5-6;1-7-4-2-6-3-5-7;2*1-2-4-6-5-3-1;1-5(2,3)4-6;5-3-4-1-2-4;1-2-4-5-3-1;1-3(2)4;1-2-3-4;/h1-5,11-12H,6-9H2;2-6,9H,7H2,1H3;1-5H,6-7,9H2;1-5H,6,8H2;7H,2-6H2,1H3;7H,2-6H2,1H3;5-7H,1-4H2;6-7H,2-5H2,1H3;7H,1-6H2;1-5H,7H2;6H,2-5H2,1H3;2*6H,1-5H2;4,6H2,1-3H3;4H,1-3,5H2;5H,1-4H2;3H,4H2,1-2H3;2H,1,3-4H2;1H4/t;;;;;;6-;;;;;;;;;;;;/m......1............/s1. The Kier molecular flexibility index (Phi) is 96.8. The van der Waals surface area contributed by atoms with Gasteiger partial charge in [0.2, 0.25) is 0 Å². The number of nitrogens with one attached hydrogen (secondary N) is 10. The number of nitrogens with two attached hydrogens (primary N) is 7. The number of carbonyl (C=O) groups is 1. The monoisotopic (exact) mass is 1770 g/mol. The maximum atomic E-state index is 9.71. The fourth-order valence-corrected chi connectivity index (χ4v) is 13.3. The van der Waals surface area contributed by atoms with Crippen molar-refractivity contribution in [3.05, 3.63) is 187 Å². The Morgan fingerprint density at radius 1 is 0.457 bits per heavy atom. The minimum absolute atomic E-state index is 0. The van der Waals surface area contributed by atoms with E-state index in [1.807, 2.05) is 118 Å². The van der Waals surface area contributed by atoms with Crippen LogP contribution in [0.3, 0.4) is 0 Å². The Hall–Kier alpha value is -5.61. The summed E-state index contributed by atoms with van der Waals surface area (Å²) in [7, 11) is 6.28. The summed E-state index contributed by atoms with van der Waals surface area (Å²) >= 11 is 0. The van der Waals surface area contributed by atoms with Gasteiger partial charge in [0.05, 0.1) is 0 Å². The van der Waals surface area contributed by atoms with Crippen LogP contribution in [0.4, 0.5) is 5.69 Å². The maximum Gasteiger partial charge on any atom is 0.293 e. The van der Waals surface area contributed by atoms with Crippen LogP contribution in [-0.4, -0.2) is 219 Å². The first-order valence-electron chi connectivity index (χ1n) is 49.6. The molecule has 127 heavy (non-hydrogen) atoms. The molecule has 2 saturated carbocycles. The average molecular weight is 1780 g/mol. The molecule has 0 spiro atoms. The van der Waals surface area contributed by atoms with Gasteiger partial charge in [0, 0.05) is 76.7 Å². The minimum atomic E-state index is 0. The Bertz CT molecular complexity index is 2710. The van der Waals surface area contributed by atoms with Crippen molar-refractivity contribution in [3.8, 4) is 0 Å². The van der Waals surface area contributed by atoms with Crippen molar-refractivity contribution < 1.29 is 9.53 Å². The number of nitrogen functional groups attached to an aromatic ring is 1. The molecule has 734 valence electrons. The van der Waals surface area contributed by atoms with Gasteiger partial charge >= 0.3 is 0 Å². The number of nitrogens with zero attached hydrogens (tertiary/aromatic N) is 2. The molecule has 21 heteroatoms. The summed E-state index contributed by atoms with van der Waals surface area (Å²) in [6, 6.07) is 52.5. The molecule has 9 saturated heterocycles. The van der Waals surface area contributed by atoms with Crippen molar-refractivity contribution >= 4 is 12.2 Å². The van der Waals surface area contributed by atoms with E-state index >= 15 is 0 Å². The van der Waals surface area contributed by atoms with Crippen molar-refractivity contribution in [1.82, 2.24) is 63.0 Å². The summed E-state index contributed by atoms with van der Waals surface area (Å²) in [5.74, 6) is 2.75. The third kappa shape index (κ3) is 97.7. The summed E-state index contributed by atoms with van der Waals surface area (Å²) in [5, 5.41) is 32.8. The van der Waals surface area contributed by atoms with Gasteiger partial charge < -0.3 is 108 Å². The van der Waals surface area contributed by atoms with Gasteiger partial charge in [-0.2, -0.15) is 0 Å². The Balaban J connectivity index is -0.00000129. The first-order valence-corrected chi connectivity index (χ1v) is 49.6. The number of rotatable bonds is 11. The third-order valence-corrected chi connectivity index (χ3v) is 21.5. The highest BCUT2D eigenvalue weighted by Crippen LogP contribution is 2.27. The lowest BCUT2D eigenvalue weighted by atomic mass is 9.90. The van der Waals surface area contributed by atoms with Crippen molar-refractivity contribution in [3.63, 3.8) is 0 Å². The van der Waals surface area contributed by atoms with E-state index in [2.05, 4.69) is 178 Å². The van der Waals surface area contributed by atoms with E-state index in [4.69, 9.17) is 40.1 Å². The number of hydrogen-bond acceptors (Lipinski definition) is 21. The van der Waals surface area contributed by atoms with Crippen molar-refractivity contribution in [2.45, 2.75) is 273 Å². The number of hydrogen-bond donors (Lipinski definition) is 17. The van der Waals surface area contributed by atoms with Gasteiger partial charge in [-0.25, -0.2) is 0 Å². The van der Waals surface area contributed by atoms with Gasteiger partial charge in [-0.3, -0.25) is 4.79 Å². The molecule has 16 rings (SSSR count). The second kappa shape index (κ2) is 97.9. The van der Waals surface area contributed by atoms with Crippen LogP contribution in [0.25, 0.3) is 0 Å². The second-order valence-electron chi connectivity index (χ2n) is 35.8. The summed E-state index contributed by atoms with van der Waals surface area (Å²) in [5.41, 5.74) is 43.1. The highest BCUT2D eigenvalue weighted by Gasteiger charge is 2.18. The van der Waals surface area contributed by atoms with E-state index in [-0.39, 0.29) is 7.43 Å². The number of piperazine rings is 1. The molecule has 1 unspecified atom stereocenters. The first kappa shape index (κ1) is 126. The molecular formula is C106H203N19O2. The normalized spacial score (nSPS) is 18.7. The van der Waals surface area contributed by atoms with E-state index < -0.39 is 0 Å². The Morgan fingerprint density at radius 3 is 1.13 bits per heavy atom. The smallest absolute Gasteiger partial charge is 0.293 e. The predicted octanol–water partition coefficient (Wildman–Crippen LogP) is 15.7. The predicted molar refractivity (Wildman–Crippen MR) is 559 cm³/mol. The molecule has 21 nitrogen and oxygen atoms in total. The van der Waals surface area contributed by atoms with Crippen molar-refractivity contribution in [2.75, 3.05) is 191 Å². The zero-order chi connectivity index (χ0) is 92.8. The quantitative estimate of drug-likeness (QED) is 0.0332. The van der Waals surface area contributed by atoms with Gasteiger partial charge in [0.1, 0.15) is 6.61 Å². The lowest BCUT2D eigenvalue weighted by Gasteiger charge is -2.22. The number of benzene rings is 5. The number of para-hydroxylation sites is 1. The van der Waals surface area contributed by atoms with Crippen LogP contribution >= 0.6 is 0 Å². The summed E-state index contributed by atoms with van der Waals surface area (Å²) in [6.07, 6.45) is 40.1. The van der Waals surface area contributed by atoms with Crippen LogP contribution in [0.5, 0.6) is 0 Å². The van der Waals surface area contributed by atoms with Crippen LogP contribution in [0.2, 0.25) is 0 Å². The van der Waals surface area contributed by atoms with Crippen LogP contribution < -0.4 is 93.3 Å². The minimum Gasteiger partial charge on any atom is -0.466 e. The van der Waals surface area contributed by atoms with E-state index in [1.165, 1.54) is 294 Å². The number of likely N-dealkylation sites (N-methyl/N-ethyl adjacent to an activating group) is 2. The van der Waals surface area contributed by atoms with E-state index in [1.54, 1.807) is 6.08 Å². The Labute approximate surface area is 781 Å². The van der Waals surface area contributed by atoms with Gasteiger partial charge in [-0.05, 0) is 318 Å². The fourth-order valence-electron chi connectivity index (χ4n) is 13.3. The molecule has 5 aromatic rings. The molecule has 5 aromatic carbocycles. The highest BCUT2D eigenvalue weighted by atomic mass is 16.5. The van der Waals surface area contributed by atoms with Gasteiger partial charge in [-0.15, -0.1) is 6.58 Å². The lowest BCUT2D eigenvalue weighted by molar-refractivity contribution is -0.129. The molecule has 11 fully saturated rings. The number of anilines is 1. The molecule has 0 aromatic heterocycles. The topological polar surface area (TPSA) is 335 Å².